The van der Waals surface area contributed by atoms with Crippen LogP contribution in [0.3, 0.4) is 0 Å². The summed E-state index contributed by atoms with van der Waals surface area (Å²) in [6, 6.07) is 0. The Morgan fingerprint density at radius 1 is 0.298 bits per heavy atom. The zero-order chi connectivity index (χ0) is 68.8. The maximum atomic E-state index is 11.2. The number of amides is 1. The van der Waals surface area contributed by atoms with Crippen LogP contribution in [0.2, 0.25) is 0 Å². The van der Waals surface area contributed by atoms with Crippen molar-refractivity contribution in [3.8, 4) is 0 Å². The van der Waals surface area contributed by atoms with E-state index in [4.69, 9.17) is 11.5 Å². The van der Waals surface area contributed by atoms with Crippen molar-refractivity contribution in [2.24, 2.45) is 5.73 Å². The first-order valence-electron chi connectivity index (χ1n) is 39.4. The van der Waals surface area contributed by atoms with Gasteiger partial charge in [-0.3, -0.25) is 14.6 Å². The van der Waals surface area contributed by atoms with Gasteiger partial charge in [-0.25, -0.2) is 0 Å². The number of allylic oxidation sites excluding steroid dienone is 16. The van der Waals surface area contributed by atoms with Crippen LogP contribution >= 0.6 is 0 Å². The van der Waals surface area contributed by atoms with Crippen LogP contribution in [0.4, 0.5) is 0 Å². The van der Waals surface area contributed by atoms with Gasteiger partial charge in [-0.15, -0.1) is 0 Å². The second-order valence-corrected chi connectivity index (χ2v) is 26.6. The zero-order valence-corrected chi connectivity index (χ0v) is 65.5. The van der Waals surface area contributed by atoms with Crippen LogP contribution in [0.15, 0.2) is 97.2 Å². The van der Waals surface area contributed by atoms with E-state index in [0.717, 1.165) is 135 Å². The molecule has 0 radical (unpaired) electrons. The summed E-state index contributed by atoms with van der Waals surface area (Å²) in [5.41, 5.74) is 10.9. The summed E-state index contributed by atoms with van der Waals surface area (Å²) >= 11 is 0. The second kappa shape index (κ2) is 85.0. The average molecular weight is 1490 g/mol. The molecule has 0 aromatic carbocycles. The van der Waals surface area contributed by atoms with Crippen LogP contribution in [0.5, 0.6) is 0 Å². The van der Waals surface area contributed by atoms with Crippen molar-refractivity contribution < 1.29 is 51.4 Å². The third-order valence-electron chi connectivity index (χ3n) is 17.2. The molecule has 0 aliphatic heterocycles. The molecule has 552 valence electrons. The summed E-state index contributed by atoms with van der Waals surface area (Å²) in [6.07, 6.45) is 89.6. The minimum Gasteiger partial charge on any atom is -0.680 e. The number of nitrogens with two attached hydrogens (primary N) is 1. The fraction of sp³-hybridized carbons (Fsp3) is 0.795. The fourth-order valence-electron chi connectivity index (χ4n) is 11.3. The summed E-state index contributed by atoms with van der Waals surface area (Å²) < 4.78 is 0. The molecule has 0 spiro atoms. The van der Waals surface area contributed by atoms with E-state index in [1.807, 2.05) is 0 Å². The fourth-order valence-corrected chi connectivity index (χ4v) is 11.3. The number of unbranched alkanes of at least 4 members (excludes halogenated alkanes) is 30. The molecule has 0 aromatic heterocycles. The van der Waals surface area contributed by atoms with Crippen molar-refractivity contribution in [3.63, 3.8) is 0 Å². The molecule has 5 atom stereocenters. The van der Waals surface area contributed by atoms with Crippen molar-refractivity contribution in [3.05, 3.63) is 103 Å². The van der Waals surface area contributed by atoms with E-state index in [9.17, 15) is 30.3 Å². The van der Waals surface area contributed by atoms with Crippen LogP contribution < -0.4 is 5.73 Å². The van der Waals surface area contributed by atoms with Crippen molar-refractivity contribution >= 4 is 5.91 Å². The minimum absolute atomic E-state index is 0. The molecular formula is C83H157N4O6W-. The van der Waals surface area contributed by atoms with Gasteiger partial charge in [0.1, 0.15) is 6.10 Å². The molecule has 11 heteroatoms. The number of carbonyl (C=O) groups is 1. The Bertz CT molecular complexity index is 1610. The molecular weight excluding hydrogens is 1330 g/mol. The molecule has 0 saturated carbocycles. The van der Waals surface area contributed by atoms with E-state index in [2.05, 4.69) is 142 Å². The Labute approximate surface area is 598 Å². The summed E-state index contributed by atoms with van der Waals surface area (Å²) in [5.74, 6) is -0.680. The number of nitrogens with one attached hydrogen (secondary N) is 1. The normalized spacial score (nSPS) is 13.8. The molecule has 0 rings (SSSR count). The first kappa shape index (κ1) is 98.1. The van der Waals surface area contributed by atoms with Gasteiger partial charge in [0, 0.05) is 47.2 Å². The number of aliphatic hydroxyl groups excluding tert-OH is 5. The SMILES string of the molecule is CCCCC/C=C\C/C=C\CCCCCCC(O)CN(CCCC)CC(O)CCCCCC/C=C\C/C=C\CCCCC.CCCCC/C=C\C/C=C\CCCCCCC(O)CN(CCCCC(O)C(N)=O)CC(O)CCCCCC/C=C\C/C=C\CCCCC.C[NH-].[W]. The zero-order valence-electron chi connectivity index (χ0n) is 62.5. The summed E-state index contributed by atoms with van der Waals surface area (Å²) in [5, 5.41) is 52.7. The summed E-state index contributed by atoms with van der Waals surface area (Å²) in [4.78, 5) is 15.6. The van der Waals surface area contributed by atoms with Crippen LogP contribution in [0, 0.1) is 0 Å². The van der Waals surface area contributed by atoms with Gasteiger partial charge in [-0.1, -0.05) is 267 Å². The Balaban J connectivity index is -0.000000835. The molecule has 5 unspecified atom stereocenters. The maximum absolute atomic E-state index is 11.2. The van der Waals surface area contributed by atoms with E-state index in [1.165, 1.54) is 187 Å². The maximum Gasteiger partial charge on any atom is 0.246 e. The van der Waals surface area contributed by atoms with Gasteiger partial charge in [0.2, 0.25) is 5.91 Å². The number of rotatable bonds is 69. The van der Waals surface area contributed by atoms with Crippen LogP contribution in [0.25, 0.3) is 5.73 Å². The largest absolute Gasteiger partial charge is 0.680 e. The summed E-state index contributed by atoms with van der Waals surface area (Å²) in [7, 11) is 1.25. The number of hydrogen-bond acceptors (Lipinski definition) is 8. The first-order chi connectivity index (χ1) is 45.5. The molecule has 0 aromatic rings. The van der Waals surface area contributed by atoms with E-state index in [0.29, 0.717) is 39.0 Å². The minimum atomic E-state index is -1.10. The molecule has 0 aliphatic carbocycles. The van der Waals surface area contributed by atoms with Gasteiger partial charge in [-0.2, -0.15) is 7.05 Å². The summed E-state index contributed by atoms with van der Waals surface area (Å²) in [6.45, 7) is 15.4. The predicted octanol–water partition coefficient (Wildman–Crippen LogP) is 22.2. The predicted molar refractivity (Wildman–Crippen MR) is 410 cm³/mol. The monoisotopic (exact) mass is 1490 g/mol. The molecule has 0 bridgehead atoms. The van der Waals surface area contributed by atoms with Crippen molar-refractivity contribution in [1.82, 2.24) is 9.80 Å². The molecule has 0 saturated heterocycles. The number of carbonyl (C=O) groups excluding carboxylic acids is 1. The molecule has 0 heterocycles. The van der Waals surface area contributed by atoms with Crippen molar-refractivity contribution in [1.29, 1.82) is 0 Å². The van der Waals surface area contributed by atoms with E-state index < -0.39 is 24.2 Å². The topological polar surface area (TPSA) is 175 Å². The molecule has 0 fully saturated rings. The number of primary amides is 1. The van der Waals surface area contributed by atoms with Gasteiger partial charge in [-0.05, 0) is 193 Å². The van der Waals surface area contributed by atoms with Crippen molar-refractivity contribution in [2.75, 3.05) is 46.3 Å². The van der Waals surface area contributed by atoms with Crippen molar-refractivity contribution in [2.45, 2.75) is 380 Å². The number of hydrogen-bond donors (Lipinski definition) is 6. The number of nitrogens with zero attached hydrogens (tertiary/aromatic N) is 2. The van der Waals surface area contributed by atoms with Gasteiger partial charge in [0.15, 0.2) is 0 Å². The molecule has 10 nitrogen and oxygen atoms in total. The Morgan fingerprint density at radius 2 is 0.500 bits per heavy atom. The second-order valence-electron chi connectivity index (χ2n) is 26.6. The van der Waals surface area contributed by atoms with Gasteiger partial charge in [0.25, 0.3) is 0 Å². The van der Waals surface area contributed by atoms with Gasteiger partial charge in [0.05, 0.1) is 24.4 Å². The third kappa shape index (κ3) is 82.2. The van der Waals surface area contributed by atoms with Crippen LogP contribution in [0.1, 0.15) is 349 Å². The average Bonchev–Trinajstić information content (AvgIpc) is 3.01. The molecule has 1 amide bonds. The quantitative estimate of drug-likeness (QED) is 0.0258. The number of aliphatic hydroxyl groups is 5. The Hall–Kier alpha value is -2.24. The first-order valence-corrected chi connectivity index (χ1v) is 39.4. The van der Waals surface area contributed by atoms with Crippen LogP contribution in [-0.4, -0.2) is 118 Å². The third-order valence-corrected chi connectivity index (χ3v) is 17.2. The smallest absolute Gasteiger partial charge is 0.246 e. The van der Waals surface area contributed by atoms with E-state index in [-0.39, 0.29) is 33.3 Å². The van der Waals surface area contributed by atoms with Crippen LogP contribution in [-0.2, 0) is 25.9 Å². The molecule has 0 aliphatic rings. The van der Waals surface area contributed by atoms with E-state index >= 15 is 0 Å². The van der Waals surface area contributed by atoms with E-state index in [1.54, 1.807) is 0 Å². The van der Waals surface area contributed by atoms with Gasteiger partial charge < -0.3 is 37.0 Å². The van der Waals surface area contributed by atoms with Gasteiger partial charge >= 0.3 is 0 Å². The molecule has 94 heavy (non-hydrogen) atoms. The Morgan fingerprint density at radius 3 is 0.723 bits per heavy atom. The standard InChI is InChI=1S/C42H78N2O4.C40H75NO2.CH4N.W/c1-3-5-7-9-11-13-15-17-19-21-23-25-27-29-33-39(45)37-44(36-32-31-35-41(47)42(43)48)38-40(46)34-30-28-26-24-22-20-18-16-14-12-10-8-6-4-2;1-4-7-10-12-14-16-18-20-22-24-26-28-30-32-34-39(42)37-41(36-9-6-3)38-40(43)35-33-31-29-27-25-23-21-19-17-15-13-11-8-5-2;1-2;/h11-14,17-20,39-41,45-47H,3-10,15-16,21-38H2,1-2H3,(H2,43,48);14-17,20-23,39-40,42-43H,4-13,18-19,24-38H2,1-3H3;2H,1H3;/q;;-1;/b13-11-,14-12-,19-17-,20-18-;16-14-,17-15-,22-20-,23-21-;;. The Kier molecular flexibility index (Phi) is 88.7. The molecule has 8 N–H and O–H groups in total.